The van der Waals surface area contributed by atoms with Crippen LogP contribution in [0.25, 0.3) is 0 Å². The zero-order valence-electron chi connectivity index (χ0n) is 18.7. The van der Waals surface area contributed by atoms with Crippen molar-refractivity contribution in [2.24, 2.45) is 0 Å². The lowest BCUT2D eigenvalue weighted by Crippen LogP contribution is -2.30. The highest BCUT2D eigenvalue weighted by Gasteiger charge is 2.23. The van der Waals surface area contributed by atoms with Gasteiger partial charge in [-0.25, -0.2) is 4.79 Å². The number of rotatable bonds is 6. The van der Waals surface area contributed by atoms with Gasteiger partial charge < -0.3 is 29.7 Å². The van der Waals surface area contributed by atoms with Crippen LogP contribution in [0.15, 0.2) is 60.7 Å². The molecule has 0 fully saturated rings. The van der Waals surface area contributed by atoms with Gasteiger partial charge in [0.2, 0.25) is 5.75 Å². The first-order valence-corrected chi connectivity index (χ1v) is 10.4. The molecule has 0 saturated carbocycles. The summed E-state index contributed by atoms with van der Waals surface area (Å²) in [5.74, 6) is 1.01. The van der Waals surface area contributed by atoms with Crippen molar-refractivity contribution in [3.8, 4) is 17.2 Å². The van der Waals surface area contributed by atoms with Crippen molar-refractivity contribution in [1.82, 2.24) is 4.90 Å². The fourth-order valence-electron chi connectivity index (χ4n) is 3.74. The zero-order valence-corrected chi connectivity index (χ0v) is 18.7. The molecule has 0 spiro atoms. The van der Waals surface area contributed by atoms with E-state index in [1.807, 2.05) is 24.3 Å². The van der Waals surface area contributed by atoms with E-state index in [0.717, 1.165) is 11.1 Å². The molecule has 1 aliphatic heterocycles. The Kier molecular flexibility index (Phi) is 6.35. The molecule has 0 unspecified atom stereocenters. The minimum atomic E-state index is -0.308. The third kappa shape index (κ3) is 4.69. The summed E-state index contributed by atoms with van der Waals surface area (Å²) < 4.78 is 15.9. The number of amides is 3. The topological polar surface area (TPSA) is 89.1 Å². The number of nitrogens with zero attached hydrogens (tertiary/aromatic N) is 1. The van der Waals surface area contributed by atoms with Crippen molar-refractivity contribution in [1.29, 1.82) is 0 Å². The van der Waals surface area contributed by atoms with Crippen LogP contribution in [0.5, 0.6) is 17.2 Å². The van der Waals surface area contributed by atoms with E-state index in [2.05, 4.69) is 10.6 Å². The third-order valence-corrected chi connectivity index (χ3v) is 5.45. The van der Waals surface area contributed by atoms with Crippen LogP contribution in [-0.4, -0.2) is 38.2 Å². The number of hydrogen-bond acceptors (Lipinski definition) is 5. The molecule has 33 heavy (non-hydrogen) atoms. The molecule has 0 aromatic heterocycles. The van der Waals surface area contributed by atoms with Crippen molar-refractivity contribution >= 4 is 23.3 Å². The summed E-state index contributed by atoms with van der Waals surface area (Å²) >= 11 is 0. The SMILES string of the molecule is COc1cc(NC(=O)c2ccc(NC(=O)N3Cc4ccccc4C3)cc2)cc(OC)c1OC. The minimum Gasteiger partial charge on any atom is -0.493 e. The predicted molar refractivity (Wildman–Crippen MR) is 125 cm³/mol. The van der Waals surface area contributed by atoms with Gasteiger partial charge in [-0.05, 0) is 35.4 Å². The molecule has 3 aromatic rings. The number of anilines is 2. The van der Waals surface area contributed by atoms with Gasteiger partial charge in [0.15, 0.2) is 11.5 Å². The first-order chi connectivity index (χ1) is 16.0. The molecule has 2 N–H and O–H groups in total. The summed E-state index contributed by atoms with van der Waals surface area (Å²) in [6.07, 6.45) is 0. The van der Waals surface area contributed by atoms with Gasteiger partial charge in [-0.3, -0.25) is 4.79 Å². The van der Waals surface area contributed by atoms with E-state index in [1.165, 1.54) is 21.3 Å². The molecule has 0 radical (unpaired) electrons. The maximum Gasteiger partial charge on any atom is 0.322 e. The van der Waals surface area contributed by atoms with Gasteiger partial charge in [-0.15, -0.1) is 0 Å². The molecule has 0 aliphatic carbocycles. The minimum absolute atomic E-state index is 0.180. The molecule has 3 amide bonds. The quantitative estimate of drug-likeness (QED) is 0.580. The van der Waals surface area contributed by atoms with Crippen LogP contribution in [0.4, 0.5) is 16.2 Å². The second kappa shape index (κ2) is 9.52. The van der Waals surface area contributed by atoms with Crippen molar-refractivity contribution in [3.05, 3.63) is 77.4 Å². The molecule has 3 aromatic carbocycles. The van der Waals surface area contributed by atoms with Gasteiger partial charge in [-0.2, -0.15) is 0 Å². The lowest BCUT2D eigenvalue weighted by molar-refractivity contribution is 0.102. The molecular formula is C25H25N3O5. The van der Waals surface area contributed by atoms with Crippen molar-refractivity contribution in [2.75, 3.05) is 32.0 Å². The highest BCUT2D eigenvalue weighted by atomic mass is 16.5. The Balaban J connectivity index is 1.40. The third-order valence-electron chi connectivity index (χ3n) is 5.45. The first kappa shape index (κ1) is 22.0. The highest BCUT2D eigenvalue weighted by Crippen LogP contribution is 2.40. The van der Waals surface area contributed by atoms with E-state index in [-0.39, 0.29) is 11.9 Å². The van der Waals surface area contributed by atoms with Gasteiger partial charge in [0, 0.05) is 42.2 Å². The lowest BCUT2D eigenvalue weighted by atomic mass is 10.1. The number of carbonyl (C=O) groups excluding carboxylic acids is 2. The van der Waals surface area contributed by atoms with E-state index in [9.17, 15) is 9.59 Å². The van der Waals surface area contributed by atoms with Crippen LogP contribution in [0.1, 0.15) is 21.5 Å². The second-order valence-corrected chi connectivity index (χ2v) is 7.50. The Hall–Kier alpha value is -4.20. The fourth-order valence-corrected chi connectivity index (χ4v) is 3.74. The smallest absolute Gasteiger partial charge is 0.322 e. The van der Waals surface area contributed by atoms with Crippen molar-refractivity contribution in [2.45, 2.75) is 13.1 Å². The number of carbonyl (C=O) groups is 2. The van der Waals surface area contributed by atoms with Crippen LogP contribution >= 0.6 is 0 Å². The summed E-state index contributed by atoms with van der Waals surface area (Å²) in [4.78, 5) is 27.1. The van der Waals surface area contributed by atoms with Gasteiger partial charge in [-0.1, -0.05) is 24.3 Å². The van der Waals surface area contributed by atoms with Gasteiger partial charge in [0.05, 0.1) is 21.3 Å². The van der Waals surface area contributed by atoms with Gasteiger partial charge in [0.25, 0.3) is 5.91 Å². The van der Waals surface area contributed by atoms with Crippen LogP contribution in [0, 0.1) is 0 Å². The van der Waals surface area contributed by atoms with Crippen LogP contribution < -0.4 is 24.8 Å². The largest absolute Gasteiger partial charge is 0.493 e. The Morgan fingerprint density at radius 1 is 0.758 bits per heavy atom. The maximum atomic E-state index is 12.7. The molecular weight excluding hydrogens is 422 g/mol. The highest BCUT2D eigenvalue weighted by molar-refractivity contribution is 6.05. The molecule has 8 nitrogen and oxygen atoms in total. The van der Waals surface area contributed by atoms with E-state index in [4.69, 9.17) is 14.2 Å². The molecule has 1 aliphatic rings. The molecule has 0 saturated heterocycles. The summed E-state index contributed by atoms with van der Waals surface area (Å²) in [5, 5.41) is 5.71. The zero-order chi connectivity index (χ0) is 23.4. The van der Waals surface area contributed by atoms with Gasteiger partial charge in [0.1, 0.15) is 0 Å². The van der Waals surface area contributed by atoms with E-state index >= 15 is 0 Å². The second-order valence-electron chi connectivity index (χ2n) is 7.50. The summed E-state index contributed by atoms with van der Waals surface area (Å²) in [7, 11) is 4.54. The summed E-state index contributed by atoms with van der Waals surface area (Å²) in [6, 6.07) is 17.8. The Bertz CT molecular complexity index is 1130. The Morgan fingerprint density at radius 2 is 1.33 bits per heavy atom. The molecule has 0 bridgehead atoms. The average Bonchev–Trinajstić information content (AvgIpc) is 3.28. The van der Waals surface area contributed by atoms with Crippen molar-refractivity contribution in [3.63, 3.8) is 0 Å². The normalized spacial score (nSPS) is 12.0. The first-order valence-electron chi connectivity index (χ1n) is 10.4. The number of fused-ring (bicyclic) bond motifs is 1. The molecule has 1 heterocycles. The number of hydrogen-bond donors (Lipinski definition) is 2. The van der Waals surface area contributed by atoms with Crippen LogP contribution in [-0.2, 0) is 13.1 Å². The summed E-state index contributed by atoms with van der Waals surface area (Å²) in [5.41, 5.74) is 3.87. The van der Waals surface area contributed by atoms with E-state index < -0.39 is 0 Å². The summed E-state index contributed by atoms with van der Waals surface area (Å²) in [6.45, 7) is 1.16. The number of urea groups is 1. The van der Waals surface area contributed by atoms with Crippen LogP contribution in [0.3, 0.4) is 0 Å². The standard InChI is InChI=1S/C25H25N3O5/c1-31-21-12-20(13-22(32-2)23(21)33-3)26-24(29)16-8-10-19(11-9-16)27-25(30)28-14-17-6-4-5-7-18(17)15-28/h4-13H,14-15H2,1-3H3,(H,26,29)(H,27,30). The number of methoxy groups -OCH3 is 3. The number of nitrogens with one attached hydrogen (secondary N) is 2. The molecule has 8 heteroatoms. The maximum absolute atomic E-state index is 12.7. The molecule has 0 atom stereocenters. The van der Waals surface area contributed by atoms with Crippen molar-refractivity contribution < 1.29 is 23.8 Å². The van der Waals surface area contributed by atoms with E-state index in [1.54, 1.807) is 41.3 Å². The average molecular weight is 447 g/mol. The Morgan fingerprint density at radius 3 is 1.85 bits per heavy atom. The lowest BCUT2D eigenvalue weighted by Gasteiger charge is -2.17. The van der Waals surface area contributed by atoms with Gasteiger partial charge >= 0.3 is 6.03 Å². The van der Waals surface area contributed by atoms with Crippen LogP contribution in [0.2, 0.25) is 0 Å². The fraction of sp³-hybridized carbons (Fsp3) is 0.200. The monoisotopic (exact) mass is 447 g/mol. The van der Waals surface area contributed by atoms with E-state index in [0.29, 0.717) is 47.3 Å². The molecule has 4 rings (SSSR count). The Labute approximate surface area is 192 Å². The number of benzene rings is 3. The molecule has 170 valence electrons. The predicted octanol–water partition coefficient (Wildman–Crippen LogP) is 4.51. The number of ether oxygens (including phenoxy) is 3.